The molecule has 2 aromatic carbocycles. The minimum atomic E-state index is -4.01. The zero-order valence-electron chi connectivity index (χ0n) is 37.7. The lowest BCUT2D eigenvalue weighted by Crippen LogP contribution is -2.58. The number of para-hydroxylation sites is 1. The molecule has 6 aliphatic rings. The van der Waals surface area contributed by atoms with Gasteiger partial charge in [0.1, 0.15) is 40.4 Å². The van der Waals surface area contributed by atoms with E-state index in [0.29, 0.717) is 61.9 Å². The Hall–Kier alpha value is -5.29. The van der Waals surface area contributed by atoms with Crippen molar-refractivity contribution in [3.05, 3.63) is 77.3 Å². The van der Waals surface area contributed by atoms with Gasteiger partial charge < -0.3 is 25.0 Å². The topological polar surface area (TPSA) is 191 Å². The Kier molecular flexibility index (Phi) is 11.8. The molecule has 66 heavy (non-hydrogen) atoms. The van der Waals surface area contributed by atoms with Gasteiger partial charge in [0.2, 0.25) is 21.8 Å². The Bertz CT molecular complexity index is 2670. The standard InChI is InChI=1S/C49H59N7O8S2/c1-29(2)56-39-18-12-16-37(43-50-34(28-65-43)21-30-13-8-7-9-14-30)41(39)52-46(56)63-36-25-40-42(57)53-49(45(59)54-66(61,62)48(3)19-20-48)26-33(49)15-10-5-4-6-11-17-38(44(58)55(40)27-36)51-47(60)64-35-23-31-22-32(31)24-35/h7-10,12-16,18,28-29,31-33,35-36,38,40H,4-6,11,17,19-27H2,1-3H3,(H,51,60)(H,53,57)(H,54,59)/b15-10-/t31-,32+,33-,35+,36-,38+,40+,49-/m1/s1. The number of sulfonamides is 1. The lowest BCUT2D eigenvalue weighted by Gasteiger charge is -2.30. The summed E-state index contributed by atoms with van der Waals surface area (Å²) in [4.78, 5) is 68.7. The van der Waals surface area contributed by atoms with Gasteiger partial charge in [-0.05, 0) is 108 Å². The summed E-state index contributed by atoms with van der Waals surface area (Å²) in [5, 5.41) is 8.74. The van der Waals surface area contributed by atoms with E-state index in [9.17, 15) is 27.6 Å². The first kappa shape index (κ1) is 44.5. The molecule has 17 heteroatoms. The highest BCUT2D eigenvalue weighted by Crippen LogP contribution is 2.52. The van der Waals surface area contributed by atoms with Crippen molar-refractivity contribution in [2.24, 2.45) is 17.8 Å². The third-order valence-electron chi connectivity index (χ3n) is 14.7. The van der Waals surface area contributed by atoms with Gasteiger partial charge in [-0.3, -0.25) is 23.7 Å². The predicted molar refractivity (Wildman–Crippen MR) is 249 cm³/mol. The Morgan fingerprint density at radius 2 is 1.76 bits per heavy atom. The summed E-state index contributed by atoms with van der Waals surface area (Å²) in [6.45, 7) is 5.68. The van der Waals surface area contributed by atoms with Crippen LogP contribution < -0.4 is 20.1 Å². The minimum absolute atomic E-state index is 0.00508. The van der Waals surface area contributed by atoms with Crippen molar-refractivity contribution in [1.29, 1.82) is 0 Å². The number of fused-ring (bicyclic) bond motifs is 4. The largest absolute Gasteiger partial charge is 0.459 e. The van der Waals surface area contributed by atoms with Gasteiger partial charge in [-0.2, -0.15) is 4.98 Å². The number of thiazole rings is 1. The van der Waals surface area contributed by atoms with Crippen LogP contribution >= 0.6 is 11.3 Å². The molecule has 4 aliphatic carbocycles. The van der Waals surface area contributed by atoms with E-state index in [2.05, 4.69) is 32.9 Å². The van der Waals surface area contributed by atoms with E-state index in [4.69, 9.17) is 19.4 Å². The molecule has 350 valence electrons. The van der Waals surface area contributed by atoms with Crippen molar-refractivity contribution in [1.82, 2.24) is 34.8 Å². The Morgan fingerprint density at radius 3 is 2.52 bits per heavy atom. The monoisotopic (exact) mass is 937 g/mol. The number of benzene rings is 2. The molecule has 0 spiro atoms. The van der Waals surface area contributed by atoms with Crippen molar-refractivity contribution in [2.75, 3.05) is 6.54 Å². The molecule has 2 aromatic heterocycles. The van der Waals surface area contributed by atoms with Crippen LogP contribution in [-0.4, -0.2) is 92.8 Å². The number of carbonyl (C=O) groups excluding carboxylic acids is 4. The highest BCUT2D eigenvalue weighted by molar-refractivity contribution is 7.91. The van der Waals surface area contributed by atoms with Crippen LogP contribution in [0.5, 0.6) is 6.01 Å². The summed E-state index contributed by atoms with van der Waals surface area (Å²) in [7, 11) is -4.01. The summed E-state index contributed by atoms with van der Waals surface area (Å²) in [5.41, 5.74) is 3.01. The van der Waals surface area contributed by atoms with Crippen molar-refractivity contribution in [3.8, 4) is 16.6 Å². The fraction of sp³-hybridized carbons (Fsp3) is 0.551. The summed E-state index contributed by atoms with van der Waals surface area (Å²) >= 11 is 1.55. The second-order valence-electron chi connectivity index (χ2n) is 20.0. The number of aromatic nitrogens is 3. The van der Waals surface area contributed by atoms with E-state index in [1.807, 2.05) is 67.0 Å². The number of carbonyl (C=O) groups is 4. The lowest BCUT2D eigenvalue weighted by atomic mass is 10.0. The molecule has 4 heterocycles. The summed E-state index contributed by atoms with van der Waals surface area (Å²) in [6.07, 6.45) is 10.3. The molecular weight excluding hydrogens is 879 g/mol. The Balaban J connectivity index is 0.946. The second kappa shape index (κ2) is 17.4. The number of amides is 4. The lowest BCUT2D eigenvalue weighted by molar-refractivity contribution is -0.141. The first-order chi connectivity index (χ1) is 31.7. The van der Waals surface area contributed by atoms with Crippen LogP contribution in [0.15, 0.2) is 66.1 Å². The van der Waals surface area contributed by atoms with Gasteiger partial charge >= 0.3 is 6.09 Å². The number of rotatable bonds is 11. The molecule has 15 nitrogen and oxygen atoms in total. The fourth-order valence-corrected chi connectivity index (χ4v) is 12.5. The second-order valence-corrected chi connectivity index (χ2v) is 23.0. The van der Waals surface area contributed by atoms with Crippen molar-refractivity contribution in [2.45, 2.75) is 145 Å². The van der Waals surface area contributed by atoms with Gasteiger partial charge in [0.15, 0.2) is 0 Å². The molecule has 4 saturated carbocycles. The maximum atomic E-state index is 14.9. The number of ether oxygens (including phenoxy) is 2. The molecule has 3 N–H and O–H groups in total. The number of hydrogen-bond acceptors (Lipinski definition) is 11. The Morgan fingerprint density at radius 1 is 0.970 bits per heavy atom. The van der Waals surface area contributed by atoms with Crippen LogP contribution in [0.1, 0.15) is 115 Å². The van der Waals surface area contributed by atoms with Crippen LogP contribution in [0.2, 0.25) is 0 Å². The summed E-state index contributed by atoms with van der Waals surface area (Å²) < 4.78 is 42.6. The Labute approximate surface area is 389 Å². The number of nitrogens with one attached hydrogen (secondary N) is 3. The van der Waals surface area contributed by atoms with Crippen molar-refractivity contribution >= 4 is 56.2 Å². The summed E-state index contributed by atoms with van der Waals surface area (Å²) in [5.74, 6) is -1.08. The van der Waals surface area contributed by atoms with Gasteiger partial charge in [0, 0.05) is 35.7 Å². The molecule has 8 atom stereocenters. The zero-order chi connectivity index (χ0) is 46.0. The predicted octanol–water partition coefficient (Wildman–Crippen LogP) is 6.97. The average molecular weight is 938 g/mol. The first-order valence-electron chi connectivity index (χ1n) is 23.7. The number of alkyl carbamates (subject to hydrolysis) is 1. The van der Waals surface area contributed by atoms with Gasteiger partial charge in [-0.1, -0.05) is 61.4 Å². The smallest absolute Gasteiger partial charge is 0.408 e. The third-order valence-corrected chi connectivity index (χ3v) is 17.8. The van der Waals surface area contributed by atoms with Crippen LogP contribution in [0.25, 0.3) is 21.6 Å². The molecule has 4 aromatic rings. The SMILES string of the molecule is CC(C)n1c(O[C@@H]2C[C@H]3C(=O)N[C@]4(C(=O)NS(=O)(=O)C5(C)CC5)C[C@H]4/C=C\CCCCC[C@H](NC(=O)O[C@@H]4C[C@@H]5C[C@@H]5C4)C(=O)N3C2)nc2c(-c3nc(Cc4ccccc4)cs3)cccc21. The van der Waals surface area contributed by atoms with E-state index < -0.39 is 68.2 Å². The maximum Gasteiger partial charge on any atom is 0.408 e. The van der Waals surface area contributed by atoms with Gasteiger partial charge in [0.05, 0.1) is 22.5 Å². The van der Waals surface area contributed by atoms with Crippen LogP contribution in [-0.2, 0) is 35.6 Å². The van der Waals surface area contributed by atoms with E-state index >= 15 is 0 Å². The van der Waals surface area contributed by atoms with Crippen LogP contribution in [0, 0.1) is 17.8 Å². The molecule has 0 bridgehead atoms. The van der Waals surface area contributed by atoms with Crippen LogP contribution in [0.4, 0.5) is 4.79 Å². The number of allylic oxidation sites excluding steroid dienone is 1. The zero-order valence-corrected chi connectivity index (χ0v) is 39.4. The van der Waals surface area contributed by atoms with Gasteiger partial charge in [0.25, 0.3) is 11.9 Å². The van der Waals surface area contributed by atoms with Crippen LogP contribution in [0.3, 0.4) is 0 Å². The first-order valence-corrected chi connectivity index (χ1v) is 26.1. The van der Waals surface area contributed by atoms with E-state index in [1.165, 1.54) is 16.9 Å². The van der Waals surface area contributed by atoms with Gasteiger partial charge in [-0.15, -0.1) is 11.3 Å². The molecule has 0 radical (unpaired) electrons. The highest BCUT2D eigenvalue weighted by atomic mass is 32.2. The van der Waals surface area contributed by atoms with Gasteiger partial charge in [-0.25, -0.2) is 18.2 Å². The molecule has 5 fully saturated rings. The molecule has 1 saturated heterocycles. The van der Waals surface area contributed by atoms with Crippen molar-refractivity contribution in [3.63, 3.8) is 0 Å². The number of nitrogens with zero attached hydrogens (tertiary/aromatic N) is 4. The summed E-state index contributed by atoms with van der Waals surface area (Å²) in [6, 6.07) is 14.3. The third kappa shape index (κ3) is 8.84. The fourth-order valence-electron chi connectivity index (χ4n) is 10.3. The molecule has 4 amide bonds. The van der Waals surface area contributed by atoms with E-state index in [1.54, 1.807) is 18.3 Å². The average Bonchev–Trinajstić information content (AvgIpc) is 4.15. The number of imidazole rings is 1. The van der Waals surface area contributed by atoms with Crippen molar-refractivity contribution < 1.29 is 37.1 Å². The molecular formula is C49H59N7O8S2. The minimum Gasteiger partial charge on any atom is -0.459 e. The molecule has 2 aliphatic heterocycles. The number of hydrogen-bond donors (Lipinski definition) is 3. The van der Waals surface area contributed by atoms with E-state index in [0.717, 1.165) is 47.5 Å². The highest BCUT2D eigenvalue weighted by Gasteiger charge is 2.63. The normalized spacial score (nSPS) is 29.7. The molecule has 0 unspecified atom stereocenters. The maximum absolute atomic E-state index is 14.9. The quantitative estimate of drug-likeness (QED) is 0.133. The molecule has 10 rings (SSSR count). The van der Waals surface area contributed by atoms with E-state index in [-0.39, 0.29) is 31.5 Å².